The van der Waals surface area contributed by atoms with Crippen molar-refractivity contribution in [2.45, 2.75) is 33.1 Å². The van der Waals surface area contributed by atoms with Gasteiger partial charge in [0.15, 0.2) is 17.1 Å². The molecule has 1 atom stereocenters. The number of carbonyl (C=O) groups excluding carboxylic acids is 1. The summed E-state index contributed by atoms with van der Waals surface area (Å²) < 4.78 is 5.61. The van der Waals surface area contributed by atoms with Crippen molar-refractivity contribution < 1.29 is 9.21 Å². The fourth-order valence-electron chi connectivity index (χ4n) is 2.63. The summed E-state index contributed by atoms with van der Waals surface area (Å²) in [6, 6.07) is 7.28. The molecule has 4 heteroatoms. The highest BCUT2D eigenvalue weighted by Gasteiger charge is 2.18. The largest absolute Gasteiger partial charge is 0.451 e. The van der Waals surface area contributed by atoms with Crippen LogP contribution >= 0.6 is 11.6 Å². The second-order valence-electron chi connectivity index (χ2n) is 5.81. The highest BCUT2D eigenvalue weighted by molar-refractivity contribution is 6.34. The number of nitrogens with two attached hydrogens (primary N) is 1. The standard InChI is InChI=1S/C17H22ClNO2/c1-11(2)12(8-9-19)6-7-15(20)16-10-13-4-3-5-14(18)17(13)21-16/h3-5,10-12H,6-9,19H2,1-2H3. The van der Waals surface area contributed by atoms with Gasteiger partial charge in [0.05, 0.1) is 5.02 Å². The number of Topliss-reactive ketones (excluding diaryl/α,β-unsaturated/α-hetero) is 1. The SMILES string of the molecule is CC(C)C(CCN)CCC(=O)c1cc2cccc(Cl)c2o1. The third kappa shape index (κ3) is 3.86. The van der Waals surface area contributed by atoms with Gasteiger partial charge in [0.1, 0.15) is 0 Å². The average molecular weight is 308 g/mol. The first-order valence-corrected chi connectivity index (χ1v) is 7.82. The van der Waals surface area contributed by atoms with Crippen LogP contribution in [0.4, 0.5) is 0 Å². The van der Waals surface area contributed by atoms with Gasteiger partial charge >= 0.3 is 0 Å². The zero-order valence-corrected chi connectivity index (χ0v) is 13.3. The van der Waals surface area contributed by atoms with Crippen LogP contribution in [0.15, 0.2) is 28.7 Å². The molecule has 0 spiro atoms. The van der Waals surface area contributed by atoms with Crippen LogP contribution in [0.3, 0.4) is 0 Å². The first-order chi connectivity index (χ1) is 10.0. The molecule has 1 unspecified atom stereocenters. The topological polar surface area (TPSA) is 56.2 Å². The molecule has 0 amide bonds. The number of benzene rings is 1. The van der Waals surface area contributed by atoms with E-state index in [0.29, 0.717) is 41.2 Å². The average Bonchev–Trinajstić information content (AvgIpc) is 2.88. The Balaban J connectivity index is 2.06. The Labute approximate surface area is 130 Å². The fourth-order valence-corrected chi connectivity index (χ4v) is 2.85. The molecule has 0 aliphatic carbocycles. The summed E-state index contributed by atoms with van der Waals surface area (Å²) in [5, 5.41) is 1.41. The predicted molar refractivity (Wildman–Crippen MR) is 86.8 cm³/mol. The summed E-state index contributed by atoms with van der Waals surface area (Å²) in [5.74, 6) is 1.44. The van der Waals surface area contributed by atoms with E-state index < -0.39 is 0 Å². The van der Waals surface area contributed by atoms with Crippen molar-refractivity contribution in [3.8, 4) is 0 Å². The van der Waals surface area contributed by atoms with Crippen molar-refractivity contribution in [1.29, 1.82) is 0 Å². The lowest BCUT2D eigenvalue weighted by atomic mass is 9.87. The molecular formula is C17H22ClNO2. The number of carbonyl (C=O) groups is 1. The first kappa shape index (κ1) is 16.1. The van der Waals surface area contributed by atoms with Crippen LogP contribution in [0, 0.1) is 11.8 Å². The maximum atomic E-state index is 12.3. The molecule has 0 bridgehead atoms. The Hall–Kier alpha value is -1.32. The van der Waals surface area contributed by atoms with Crippen molar-refractivity contribution in [3.63, 3.8) is 0 Å². The lowest BCUT2D eigenvalue weighted by molar-refractivity contribution is 0.0944. The van der Waals surface area contributed by atoms with Crippen LogP contribution in [0.2, 0.25) is 5.02 Å². The second-order valence-corrected chi connectivity index (χ2v) is 6.22. The first-order valence-electron chi connectivity index (χ1n) is 7.44. The number of rotatable bonds is 7. The lowest BCUT2D eigenvalue weighted by Gasteiger charge is -2.19. The van der Waals surface area contributed by atoms with Gasteiger partial charge < -0.3 is 10.2 Å². The molecule has 21 heavy (non-hydrogen) atoms. The normalized spacial score (nSPS) is 13.0. The number of fused-ring (bicyclic) bond motifs is 1. The van der Waals surface area contributed by atoms with E-state index in [1.54, 1.807) is 12.1 Å². The molecule has 114 valence electrons. The van der Waals surface area contributed by atoms with E-state index in [0.717, 1.165) is 18.2 Å². The van der Waals surface area contributed by atoms with Gasteiger partial charge in [-0.1, -0.05) is 37.6 Å². The molecule has 1 heterocycles. The van der Waals surface area contributed by atoms with Gasteiger partial charge in [-0.25, -0.2) is 0 Å². The zero-order valence-electron chi connectivity index (χ0n) is 12.6. The molecule has 2 N–H and O–H groups in total. The summed E-state index contributed by atoms with van der Waals surface area (Å²) in [5.41, 5.74) is 6.22. The second kappa shape index (κ2) is 7.10. The van der Waals surface area contributed by atoms with Gasteiger partial charge in [0.25, 0.3) is 0 Å². The van der Waals surface area contributed by atoms with Crippen LogP contribution < -0.4 is 5.73 Å². The van der Waals surface area contributed by atoms with Crippen LogP contribution in [0.25, 0.3) is 11.0 Å². The molecule has 0 aliphatic heterocycles. The molecule has 0 fully saturated rings. The van der Waals surface area contributed by atoms with Crippen molar-refractivity contribution >= 4 is 28.4 Å². The van der Waals surface area contributed by atoms with E-state index >= 15 is 0 Å². The number of hydrogen-bond donors (Lipinski definition) is 1. The van der Waals surface area contributed by atoms with E-state index in [1.165, 1.54) is 0 Å². The van der Waals surface area contributed by atoms with Crippen LogP contribution in [-0.4, -0.2) is 12.3 Å². The number of para-hydroxylation sites is 1. The van der Waals surface area contributed by atoms with Gasteiger partial charge in [-0.05, 0) is 43.4 Å². The molecule has 0 saturated heterocycles. The molecule has 2 aromatic rings. The number of furan rings is 1. The quantitative estimate of drug-likeness (QED) is 0.756. The van der Waals surface area contributed by atoms with Crippen LogP contribution in [-0.2, 0) is 0 Å². The predicted octanol–water partition coefficient (Wildman–Crippen LogP) is 4.67. The van der Waals surface area contributed by atoms with Crippen molar-refractivity contribution in [2.75, 3.05) is 6.54 Å². The van der Waals surface area contributed by atoms with Gasteiger partial charge in [-0.3, -0.25) is 4.79 Å². The molecule has 2 rings (SSSR count). The number of ketones is 1. The van der Waals surface area contributed by atoms with E-state index in [2.05, 4.69) is 13.8 Å². The Morgan fingerprint density at radius 3 is 2.71 bits per heavy atom. The fraction of sp³-hybridized carbons (Fsp3) is 0.471. The minimum atomic E-state index is 0.0324. The van der Waals surface area contributed by atoms with Gasteiger partial charge in [-0.2, -0.15) is 0 Å². The summed E-state index contributed by atoms with van der Waals surface area (Å²) in [4.78, 5) is 12.3. The number of hydrogen-bond acceptors (Lipinski definition) is 3. The highest BCUT2D eigenvalue weighted by atomic mass is 35.5. The summed E-state index contributed by atoms with van der Waals surface area (Å²) in [6.07, 6.45) is 2.29. The summed E-state index contributed by atoms with van der Waals surface area (Å²) in [6.45, 7) is 5.01. The minimum Gasteiger partial charge on any atom is -0.451 e. The van der Waals surface area contributed by atoms with E-state index in [-0.39, 0.29) is 5.78 Å². The van der Waals surface area contributed by atoms with Gasteiger partial charge in [-0.15, -0.1) is 0 Å². The van der Waals surface area contributed by atoms with Crippen LogP contribution in [0.5, 0.6) is 0 Å². The monoisotopic (exact) mass is 307 g/mol. The Bertz CT molecular complexity index is 618. The maximum absolute atomic E-state index is 12.3. The molecule has 0 saturated carbocycles. The van der Waals surface area contributed by atoms with E-state index in [9.17, 15) is 4.79 Å². The van der Waals surface area contributed by atoms with Crippen molar-refractivity contribution in [3.05, 3.63) is 35.0 Å². The third-order valence-electron chi connectivity index (χ3n) is 3.99. The Morgan fingerprint density at radius 2 is 2.10 bits per heavy atom. The third-order valence-corrected chi connectivity index (χ3v) is 4.29. The highest BCUT2D eigenvalue weighted by Crippen LogP contribution is 2.28. The van der Waals surface area contributed by atoms with Crippen molar-refractivity contribution in [1.82, 2.24) is 0 Å². The number of halogens is 1. The summed E-state index contributed by atoms with van der Waals surface area (Å²) >= 11 is 6.07. The van der Waals surface area contributed by atoms with E-state index in [4.69, 9.17) is 21.8 Å². The molecule has 0 radical (unpaired) electrons. The van der Waals surface area contributed by atoms with Crippen molar-refractivity contribution in [2.24, 2.45) is 17.6 Å². The van der Waals surface area contributed by atoms with Gasteiger partial charge in [0, 0.05) is 11.8 Å². The zero-order chi connectivity index (χ0) is 15.4. The molecular weight excluding hydrogens is 286 g/mol. The molecule has 1 aromatic carbocycles. The maximum Gasteiger partial charge on any atom is 0.198 e. The molecule has 3 nitrogen and oxygen atoms in total. The van der Waals surface area contributed by atoms with Gasteiger partial charge in [0.2, 0.25) is 0 Å². The van der Waals surface area contributed by atoms with E-state index in [1.807, 2.05) is 12.1 Å². The summed E-state index contributed by atoms with van der Waals surface area (Å²) in [7, 11) is 0. The molecule has 1 aromatic heterocycles. The van der Waals surface area contributed by atoms with Crippen LogP contribution in [0.1, 0.15) is 43.7 Å². The minimum absolute atomic E-state index is 0.0324. The molecule has 0 aliphatic rings. The Kier molecular flexibility index (Phi) is 5.43. The lowest BCUT2D eigenvalue weighted by Crippen LogP contribution is -2.15. The Morgan fingerprint density at radius 1 is 1.33 bits per heavy atom. The smallest absolute Gasteiger partial charge is 0.198 e.